The minimum absolute atomic E-state index is 0.000912. The lowest BCUT2D eigenvalue weighted by molar-refractivity contribution is -0.138. The molecule has 0 aliphatic heterocycles. The summed E-state index contributed by atoms with van der Waals surface area (Å²) in [7, 11) is 0. The summed E-state index contributed by atoms with van der Waals surface area (Å²) >= 11 is 0. The van der Waals surface area contributed by atoms with Crippen LogP contribution in [0.3, 0.4) is 0 Å². The Bertz CT molecular complexity index is 505. The van der Waals surface area contributed by atoms with E-state index in [1.807, 2.05) is 0 Å². The van der Waals surface area contributed by atoms with E-state index >= 15 is 0 Å². The number of H-pyrrole nitrogens is 1. The first-order chi connectivity index (χ1) is 8.52. The van der Waals surface area contributed by atoms with E-state index in [0.29, 0.717) is 0 Å². The van der Waals surface area contributed by atoms with Gasteiger partial charge in [-0.25, -0.2) is 4.98 Å². The van der Waals surface area contributed by atoms with Gasteiger partial charge in [0.1, 0.15) is 5.69 Å². The van der Waals surface area contributed by atoms with Gasteiger partial charge in [-0.3, -0.25) is 9.59 Å². The Labute approximate surface area is 103 Å². The molecule has 1 saturated carbocycles. The van der Waals surface area contributed by atoms with Gasteiger partial charge < -0.3 is 21.1 Å². The van der Waals surface area contributed by atoms with Crippen molar-refractivity contribution in [3.63, 3.8) is 0 Å². The molecular formula is C11H16N4O3. The summed E-state index contributed by atoms with van der Waals surface area (Å²) in [5.74, 6) is -0.602. The second kappa shape index (κ2) is 4.67. The molecular weight excluding hydrogens is 236 g/mol. The van der Waals surface area contributed by atoms with Gasteiger partial charge in [0.15, 0.2) is 5.82 Å². The summed E-state index contributed by atoms with van der Waals surface area (Å²) in [5.41, 5.74) is 4.67. The smallest absolute Gasteiger partial charge is 0.305 e. The third-order valence-corrected chi connectivity index (χ3v) is 3.32. The fourth-order valence-corrected chi connectivity index (χ4v) is 2.45. The first kappa shape index (κ1) is 12.4. The number of anilines is 2. The molecule has 2 rings (SSSR count). The van der Waals surface area contributed by atoms with Crippen LogP contribution in [0.15, 0.2) is 11.1 Å². The Kier molecular flexibility index (Phi) is 3.22. The third-order valence-electron chi connectivity index (χ3n) is 3.32. The van der Waals surface area contributed by atoms with Gasteiger partial charge in [-0.2, -0.15) is 0 Å². The number of aliphatic carboxylic acids is 1. The molecule has 1 aromatic heterocycles. The van der Waals surface area contributed by atoms with Crippen molar-refractivity contribution >= 4 is 17.5 Å². The van der Waals surface area contributed by atoms with Gasteiger partial charge >= 0.3 is 5.97 Å². The molecule has 1 aliphatic rings. The van der Waals surface area contributed by atoms with Crippen molar-refractivity contribution in [3.8, 4) is 0 Å². The SMILES string of the molecule is Nc1c(NC2(CC(=O)O)CCCC2)nc[nH]c1=O. The average Bonchev–Trinajstić information content (AvgIpc) is 2.72. The molecule has 0 spiro atoms. The fraction of sp³-hybridized carbons (Fsp3) is 0.545. The van der Waals surface area contributed by atoms with Crippen molar-refractivity contribution in [1.29, 1.82) is 0 Å². The van der Waals surface area contributed by atoms with Crippen molar-refractivity contribution in [3.05, 3.63) is 16.7 Å². The van der Waals surface area contributed by atoms with Crippen LogP contribution in [-0.2, 0) is 4.79 Å². The molecule has 0 amide bonds. The van der Waals surface area contributed by atoms with E-state index in [1.54, 1.807) is 0 Å². The number of rotatable bonds is 4. The van der Waals surface area contributed by atoms with Gasteiger partial charge in [0.2, 0.25) is 0 Å². The maximum absolute atomic E-state index is 11.4. The van der Waals surface area contributed by atoms with Crippen molar-refractivity contribution in [2.75, 3.05) is 11.1 Å². The number of hydrogen-bond acceptors (Lipinski definition) is 5. The van der Waals surface area contributed by atoms with Crippen LogP contribution in [0.5, 0.6) is 0 Å². The van der Waals surface area contributed by atoms with E-state index in [-0.39, 0.29) is 17.9 Å². The second-order valence-corrected chi connectivity index (χ2v) is 4.68. The lowest BCUT2D eigenvalue weighted by Gasteiger charge is -2.29. The van der Waals surface area contributed by atoms with Crippen LogP contribution >= 0.6 is 0 Å². The molecule has 7 nitrogen and oxygen atoms in total. The van der Waals surface area contributed by atoms with Crippen molar-refractivity contribution < 1.29 is 9.90 Å². The van der Waals surface area contributed by atoms with E-state index in [2.05, 4.69) is 15.3 Å². The maximum Gasteiger partial charge on any atom is 0.305 e. The normalized spacial score (nSPS) is 17.6. The Morgan fingerprint density at radius 2 is 2.22 bits per heavy atom. The number of nitrogen functional groups attached to an aromatic ring is 1. The van der Waals surface area contributed by atoms with Crippen molar-refractivity contribution in [2.45, 2.75) is 37.6 Å². The van der Waals surface area contributed by atoms with E-state index in [1.165, 1.54) is 6.33 Å². The van der Waals surface area contributed by atoms with Crippen LogP contribution in [-0.4, -0.2) is 26.6 Å². The standard InChI is InChI=1S/C11H16N4O3/c12-8-9(13-6-14-10(8)18)15-11(5-7(16)17)3-1-2-4-11/h6H,1-5,12H2,(H,16,17)(H2,13,14,15,18). The lowest BCUT2D eigenvalue weighted by Crippen LogP contribution is -2.38. The quantitative estimate of drug-likeness (QED) is 0.621. The number of nitrogens with one attached hydrogen (secondary N) is 2. The third kappa shape index (κ3) is 2.44. The summed E-state index contributed by atoms with van der Waals surface area (Å²) in [6, 6.07) is 0. The molecule has 0 unspecified atom stereocenters. The zero-order valence-electron chi connectivity index (χ0n) is 9.90. The molecule has 5 N–H and O–H groups in total. The molecule has 1 heterocycles. The zero-order chi connectivity index (χ0) is 13.2. The van der Waals surface area contributed by atoms with Crippen LogP contribution in [0, 0.1) is 0 Å². The molecule has 0 aromatic carbocycles. The van der Waals surface area contributed by atoms with Gasteiger partial charge in [0.25, 0.3) is 5.56 Å². The number of hydrogen-bond donors (Lipinski definition) is 4. The molecule has 18 heavy (non-hydrogen) atoms. The van der Waals surface area contributed by atoms with Gasteiger partial charge in [0.05, 0.1) is 12.7 Å². The zero-order valence-corrected chi connectivity index (χ0v) is 9.90. The number of aromatic nitrogens is 2. The highest BCUT2D eigenvalue weighted by molar-refractivity contribution is 5.70. The van der Waals surface area contributed by atoms with Crippen molar-refractivity contribution in [1.82, 2.24) is 9.97 Å². The highest BCUT2D eigenvalue weighted by Gasteiger charge is 2.36. The first-order valence-corrected chi connectivity index (χ1v) is 5.86. The van der Waals surface area contributed by atoms with Gasteiger partial charge in [0, 0.05) is 5.54 Å². The molecule has 98 valence electrons. The molecule has 0 bridgehead atoms. The molecule has 0 saturated heterocycles. The topological polar surface area (TPSA) is 121 Å². The Morgan fingerprint density at radius 1 is 1.56 bits per heavy atom. The highest BCUT2D eigenvalue weighted by Crippen LogP contribution is 2.36. The Morgan fingerprint density at radius 3 is 2.83 bits per heavy atom. The van der Waals surface area contributed by atoms with Crippen LogP contribution in [0.1, 0.15) is 32.1 Å². The number of carbonyl (C=O) groups is 1. The number of aromatic amines is 1. The van der Waals surface area contributed by atoms with E-state index in [9.17, 15) is 9.59 Å². The molecule has 7 heteroatoms. The molecule has 1 aliphatic carbocycles. The van der Waals surface area contributed by atoms with E-state index in [0.717, 1.165) is 25.7 Å². The monoisotopic (exact) mass is 252 g/mol. The second-order valence-electron chi connectivity index (χ2n) is 4.68. The van der Waals surface area contributed by atoms with Gasteiger partial charge in [-0.15, -0.1) is 0 Å². The number of nitrogens with zero attached hydrogens (tertiary/aromatic N) is 1. The van der Waals surface area contributed by atoms with E-state index < -0.39 is 17.1 Å². The Hall–Kier alpha value is -2.05. The van der Waals surface area contributed by atoms with E-state index in [4.69, 9.17) is 10.8 Å². The highest BCUT2D eigenvalue weighted by atomic mass is 16.4. The minimum Gasteiger partial charge on any atom is -0.481 e. The van der Waals surface area contributed by atoms with Crippen LogP contribution in [0.4, 0.5) is 11.5 Å². The average molecular weight is 252 g/mol. The minimum atomic E-state index is -0.868. The lowest BCUT2D eigenvalue weighted by atomic mass is 9.93. The molecule has 0 atom stereocenters. The van der Waals surface area contributed by atoms with Crippen LogP contribution in [0.2, 0.25) is 0 Å². The summed E-state index contributed by atoms with van der Waals surface area (Å²) < 4.78 is 0. The van der Waals surface area contributed by atoms with Crippen LogP contribution < -0.4 is 16.6 Å². The largest absolute Gasteiger partial charge is 0.481 e. The summed E-state index contributed by atoms with van der Waals surface area (Å²) in [4.78, 5) is 28.6. The predicted molar refractivity (Wildman–Crippen MR) is 66.3 cm³/mol. The molecule has 1 fully saturated rings. The fourth-order valence-electron chi connectivity index (χ4n) is 2.45. The van der Waals surface area contributed by atoms with Crippen molar-refractivity contribution in [2.24, 2.45) is 0 Å². The number of nitrogens with two attached hydrogens (primary N) is 1. The molecule has 0 radical (unpaired) electrons. The number of carboxylic acid groups (broad SMARTS) is 1. The van der Waals surface area contributed by atoms with Gasteiger partial charge in [-0.1, -0.05) is 12.8 Å². The number of carboxylic acids is 1. The predicted octanol–water partition coefficient (Wildman–Crippen LogP) is 0.551. The summed E-state index contributed by atoms with van der Waals surface area (Å²) in [6.45, 7) is 0. The van der Waals surface area contributed by atoms with Crippen LogP contribution in [0.25, 0.3) is 0 Å². The summed E-state index contributed by atoms with van der Waals surface area (Å²) in [6.07, 6.45) is 4.67. The first-order valence-electron chi connectivity index (χ1n) is 5.86. The Balaban J connectivity index is 2.26. The summed E-state index contributed by atoms with van der Waals surface area (Å²) in [5, 5.41) is 12.0. The molecule has 1 aromatic rings. The maximum atomic E-state index is 11.4. The van der Waals surface area contributed by atoms with Gasteiger partial charge in [-0.05, 0) is 12.8 Å².